The highest BCUT2D eigenvalue weighted by Gasteiger charge is 2.29. The highest BCUT2D eigenvalue weighted by atomic mass is 32.1. The van der Waals surface area contributed by atoms with Crippen molar-refractivity contribution >= 4 is 28.2 Å². The smallest absolute Gasteiger partial charge is 0.293 e. The van der Waals surface area contributed by atoms with Crippen molar-refractivity contribution in [2.24, 2.45) is 0 Å². The normalized spacial score (nSPS) is 17.6. The van der Waals surface area contributed by atoms with Gasteiger partial charge in [-0.15, -0.1) is 11.3 Å². The summed E-state index contributed by atoms with van der Waals surface area (Å²) < 4.78 is 0. The fourth-order valence-electron chi connectivity index (χ4n) is 2.26. The van der Waals surface area contributed by atoms with E-state index in [4.69, 9.17) is 0 Å². The SMILES string of the molecule is CC1CN(C(=O)Nc2nccs2)c2ccccc21. The maximum absolute atomic E-state index is 12.2. The molecule has 4 nitrogen and oxygen atoms in total. The Morgan fingerprint density at radius 3 is 3.11 bits per heavy atom. The van der Waals surface area contributed by atoms with E-state index < -0.39 is 0 Å². The molecular formula is C13H13N3OS. The molecule has 1 aliphatic heterocycles. The van der Waals surface area contributed by atoms with Crippen molar-refractivity contribution in [3.8, 4) is 0 Å². The third-order valence-electron chi connectivity index (χ3n) is 3.11. The van der Waals surface area contributed by atoms with Crippen LogP contribution in [0.1, 0.15) is 18.4 Å². The molecule has 2 aromatic rings. The zero-order valence-corrected chi connectivity index (χ0v) is 10.8. The van der Waals surface area contributed by atoms with Crippen molar-refractivity contribution in [1.82, 2.24) is 4.98 Å². The first-order valence-electron chi connectivity index (χ1n) is 5.82. The number of nitrogens with one attached hydrogen (secondary N) is 1. The van der Waals surface area contributed by atoms with Crippen LogP contribution in [0.25, 0.3) is 0 Å². The molecule has 1 aromatic carbocycles. The first-order valence-corrected chi connectivity index (χ1v) is 6.70. The monoisotopic (exact) mass is 259 g/mol. The van der Waals surface area contributed by atoms with Crippen molar-refractivity contribution in [2.75, 3.05) is 16.8 Å². The second kappa shape index (κ2) is 4.42. The van der Waals surface area contributed by atoms with Gasteiger partial charge in [-0.25, -0.2) is 9.78 Å². The zero-order chi connectivity index (χ0) is 12.5. The molecule has 0 saturated carbocycles. The molecule has 18 heavy (non-hydrogen) atoms. The lowest BCUT2D eigenvalue weighted by atomic mass is 10.0. The Morgan fingerprint density at radius 2 is 2.33 bits per heavy atom. The number of para-hydroxylation sites is 1. The minimum atomic E-state index is -0.109. The van der Waals surface area contributed by atoms with E-state index in [0.717, 1.165) is 12.2 Å². The molecule has 5 heteroatoms. The molecule has 0 bridgehead atoms. The summed E-state index contributed by atoms with van der Waals surface area (Å²) in [5.74, 6) is 0.378. The molecule has 0 saturated heterocycles. The van der Waals surface area contributed by atoms with Gasteiger partial charge in [0, 0.05) is 29.7 Å². The fraction of sp³-hybridized carbons (Fsp3) is 0.231. The molecule has 1 aromatic heterocycles. The Hall–Kier alpha value is -1.88. The van der Waals surface area contributed by atoms with Crippen LogP contribution >= 0.6 is 11.3 Å². The Morgan fingerprint density at radius 1 is 1.50 bits per heavy atom. The van der Waals surface area contributed by atoms with E-state index in [1.807, 2.05) is 23.6 Å². The first-order chi connectivity index (χ1) is 8.75. The van der Waals surface area contributed by atoms with Crippen LogP contribution in [0, 0.1) is 0 Å². The summed E-state index contributed by atoms with van der Waals surface area (Å²) in [5.41, 5.74) is 2.23. The van der Waals surface area contributed by atoms with E-state index in [-0.39, 0.29) is 6.03 Å². The summed E-state index contributed by atoms with van der Waals surface area (Å²) in [5, 5.41) is 5.30. The summed E-state index contributed by atoms with van der Waals surface area (Å²) in [6.45, 7) is 2.85. The van der Waals surface area contributed by atoms with E-state index in [0.29, 0.717) is 11.0 Å². The Labute approximate surface area is 109 Å². The van der Waals surface area contributed by atoms with Crippen LogP contribution in [0.5, 0.6) is 0 Å². The molecular weight excluding hydrogens is 246 g/mol. The maximum Gasteiger partial charge on any atom is 0.328 e. The maximum atomic E-state index is 12.2. The average Bonchev–Trinajstić information content (AvgIpc) is 2.98. The van der Waals surface area contributed by atoms with Crippen LogP contribution in [-0.2, 0) is 0 Å². The number of benzene rings is 1. The van der Waals surface area contributed by atoms with Gasteiger partial charge in [-0.1, -0.05) is 25.1 Å². The van der Waals surface area contributed by atoms with Crippen molar-refractivity contribution in [3.05, 3.63) is 41.4 Å². The number of rotatable bonds is 1. The molecule has 1 N–H and O–H groups in total. The van der Waals surface area contributed by atoms with Crippen molar-refractivity contribution < 1.29 is 4.79 Å². The van der Waals surface area contributed by atoms with Crippen molar-refractivity contribution in [1.29, 1.82) is 0 Å². The number of thiazole rings is 1. The highest BCUT2D eigenvalue weighted by Crippen LogP contribution is 2.35. The molecule has 0 aliphatic carbocycles. The number of anilines is 2. The van der Waals surface area contributed by atoms with Gasteiger partial charge in [-0.05, 0) is 11.6 Å². The lowest BCUT2D eigenvalue weighted by Crippen LogP contribution is -2.33. The molecule has 2 heterocycles. The molecule has 92 valence electrons. The summed E-state index contributed by atoms with van der Waals surface area (Å²) >= 11 is 1.42. The predicted molar refractivity (Wildman–Crippen MR) is 73.3 cm³/mol. The number of aromatic nitrogens is 1. The van der Waals surface area contributed by atoms with Crippen molar-refractivity contribution in [2.45, 2.75) is 12.8 Å². The number of nitrogens with zero attached hydrogens (tertiary/aromatic N) is 2. The number of carbonyl (C=O) groups is 1. The molecule has 0 spiro atoms. The summed E-state index contributed by atoms with van der Waals surface area (Å²) in [4.78, 5) is 18.0. The van der Waals surface area contributed by atoms with Crippen LogP contribution < -0.4 is 10.2 Å². The van der Waals surface area contributed by atoms with Crippen LogP contribution in [0.2, 0.25) is 0 Å². The Bertz CT molecular complexity index is 567. The molecule has 2 amide bonds. The van der Waals surface area contributed by atoms with Gasteiger partial charge in [0.05, 0.1) is 0 Å². The minimum Gasteiger partial charge on any atom is -0.293 e. The molecule has 3 rings (SSSR count). The summed E-state index contributed by atoms with van der Waals surface area (Å²) in [6, 6.07) is 7.93. The Kier molecular flexibility index (Phi) is 2.76. The van der Waals surface area contributed by atoms with Crippen LogP contribution in [0.3, 0.4) is 0 Å². The molecule has 0 radical (unpaired) electrons. The quantitative estimate of drug-likeness (QED) is 0.854. The first kappa shape index (κ1) is 11.2. The van der Waals surface area contributed by atoms with Crippen LogP contribution in [0.4, 0.5) is 15.6 Å². The molecule has 0 fully saturated rings. The fourth-order valence-corrected chi connectivity index (χ4v) is 2.78. The topological polar surface area (TPSA) is 45.2 Å². The van der Waals surface area contributed by atoms with E-state index in [9.17, 15) is 4.79 Å². The second-order valence-corrected chi connectivity index (χ2v) is 5.23. The van der Waals surface area contributed by atoms with Gasteiger partial charge in [0.1, 0.15) is 0 Å². The van der Waals surface area contributed by atoms with Gasteiger partial charge < -0.3 is 0 Å². The number of hydrogen-bond donors (Lipinski definition) is 1. The van der Waals surface area contributed by atoms with Gasteiger partial charge in [0.2, 0.25) is 0 Å². The predicted octanol–water partition coefficient (Wildman–Crippen LogP) is 3.30. The lowest BCUT2D eigenvalue weighted by Gasteiger charge is -2.17. The number of amides is 2. The van der Waals surface area contributed by atoms with Crippen LogP contribution in [-0.4, -0.2) is 17.6 Å². The van der Waals surface area contributed by atoms with E-state index >= 15 is 0 Å². The van der Waals surface area contributed by atoms with Gasteiger partial charge in [-0.2, -0.15) is 0 Å². The average molecular weight is 259 g/mol. The molecule has 1 aliphatic rings. The molecule has 1 unspecified atom stereocenters. The summed E-state index contributed by atoms with van der Waals surface area (Å²) in [6.07, 6.45) is 1.68. The highest BCUT2D eigenvalue weighted by molar-refractivity contribution is 7.13. The second-order valence-electron chi connectivity index (χ2n) is 4.34. The number of fused-ring (bicyclic) bond motifs is 1. The van der Waals surface area contributed by atoms with Gasteiger partial charge in [0.15, 0.2) is 5.13 Å². The number of urea groups is 1. The Balaban J connectivity index is 1.84. The minimum absolute atomic E-state index is 0.109. The zero-order valence-electron chi connectivity index (χ0n) is 9.96. The lowest BCUT2D eigenvalue weighted by molar-refractivity contribution is 0.257. The van der Waals surface area contributed by atoms with E-state index in [1.165, 1.54) is 16.9 Å². The van der Waals surface area contributed by atoms with E-state index in [1.54, 1.807) is 11.1 Å². The third kappa shape index (κ3) is 1.86. The van der Waals surface area contributed by atoms with Crippen molar-refractivity contribution in [3.63, 3.8) is 0 Å². The third-order valence-corrected chi connectivity index (χ3v) is 3.79. The van der Waals surface area contributed by atoms with Gasteiger partial charge in [0.25, 0.3) is 0 Å². The van der Waals surface area contributed by atoms with Gasteiger partial charge in [-0.3, -0.25) is 10.2 Å². The van der Waals surface area contributed by atoms with E-state index in [2.05, 4.69) is 23.3 Å². The number of hydrogen-bond acceptors (Lipinski definition) is 3. The summed E-state index contributed by atoms with van der Waals surface area (Å²) in [7, 11) is 0. The van der Waals surface area contributed by atoms with Gasteiger partial charge >= 0.3 is 6.03 Å². The standard InChI is InChI=1S/C13H13N3OS/c1-9-8-16(11-5-3-2-4-10(9)11)13(17)15-12-14-6-7-18-12/h2-7,9H,8H2,1H3,(H,14,15,17). The molecule has 1 atom stereocenters. The largest absolute Gasteiger partial charge is 0.328 e. The van der Waals surface area contributed by atoms with Crippen LogP contribution in [0.15, 0.2) is 35.8 Å². The number of carbonyl (C=O) groups excluding carboxylic acids is 1.